The Kier molecular flexibility index (Phi) is 6.09. The molecule has 0 aliphatic carbocycles. The fourth-order valence-corrected chi connectivity index (χ4v) is 3.59. The molecule has 0 fully saturated rings. The third kappa shape index (κ3) is 6.85. The first-order valence-corrected chi connectivity index (χ1v) is 8.56. The molecule has 1 aromatic rings. The zero-order chi connectivity index (χ0) is 16.1. The maximum absolute atomic E-state index is 12.2. The summed E-state index contributed by atoms with van der Waals surface area (Å²) in [4.78, 5) is 0. The van der Waals surface area contributed by atoms with Crippen molar-refractivity contribution in [3.05, 3.63) is 28.8 Å². The van der Waals surface area contributed by atoms with Crippen LogP contribution in [0.25, 0.3) is 0 Å². The van der Waals surface area contributed by atoms with Crippen LogP contribution < -0.4 is 4.72 Å². The molecular weight excluding hydrogens is 310 g/mol. The fraction of sp³-hybridized carbons (Fsp3) is 0.467. The first-order valence-electron chi connectivity index (χ1n) is 6.53. The van der Waals surface area contributed by atoms with E-state index in [9.17, 15) is 8.42 Å². The lowest BCUT2D eigenvalue weighted by Gasteiger charge is -2.19. The van der Waals surface area contributed by atoms with Crippen molar-refractivity contribution in [2.75, 3.05) is 17.1 Å². The summed E-state index contributed by atoms with van der Waals surface area (Å²) < 4.78 is 26.9. The molecule has 0 spiro atoms. The lowest BCUT2D eigenvalue weighted by molar-refractivity contribution is 0.305. The Bertz CT molecular complexity index is 652. The summed E-state index contributed by atoms with van der Waals surface area (Å²) in [5.74, 6) is 5.59. The third-order valence-electron chi connectivity index (χ3n) is 2.33. The van der Waals surface area contributed by atoms with Crippen molar-refractivity contribution in [1.82, 2.24) is 0 Å². The molecule has 0 heterocycles. The lowest BCUT2D eigenvalue weighted by Crippen LogP contribution is -2.26. The van der Waals surface area contributed by atoms with Crippen molar-refractivity contribution >= 4 is 27.3 Å². The summed E-state index contributed by atoms with van der Waals surface area (Å²) in [7, 11) is -3.49. The molecule has 0 saturated heterocycles. The van der Waals surface area contributed by atoms with Gasteiger partial charge in [0.2, 0.25) is 10.0 Å². The fourth-order valence-electron chi connectivity index (χ4n) is 1.70. The Morgan fingerprint density at radius 1 is 1.33 bits per heavy atom. The monoisotopic (exact) mass is 329 g/mol. The molecule has 4 nitrogen and oxygen atoms in total. The predicted octanol–water partition coefficient (Wildman–Crippen LogP) is 2.86. The minimum absolute atomic E-state index is 0.00395. The number of anilines is 1. The van der Waals surface area contributed by atoms with Gasteiger partial charge >= 0.3 is 0 Å². The predicted molar refractivity (Wildman–Crippen MR) is 86.9 cm³/mol. The number of benzene rings is 1. The third-order valence-corrected chi connectivity index (χ3v) is 4.34. The maximum atomic E-state index is 12.2. The van der Waals surface area contributed by atoms with E-state index < -0.39 is 10.0 Å². The number of hydrogen-bond acceptors (Lipinski definition) is 3. The molecule has 21 heavy (non-hydrogen) atoms. The van der Waals surface area contributed by atoms with Crippen LogP contribution in [0.2, 0.25) is 5.02 Å². The van der Waals surface area contributed by atoms with E-state index >= 15 is 0 Å². The highest BCUT2D eigenvalue weighted by molar-refractivity contribution is 7.92. The smallest absolute Gasteiger partial charge is 0.233 e. The van der Waals surface area contributed by atoms with Crippen LogP contribution in [0.15, 0.2) is 18.2 Å². The van der Waals surface area contributed by atoms with Gasteiger partial charge in [-0.05, 0) is 23.6 Å². The van der Waals surface area contributed by atoms with E-state index in [1.54, 1.807) is 12.1 Å². The Labute approximate surface area is 131 Å². The number of sulfonamides is 1. The number of nitrogens with one attached hydrogen (secondary N) is 1. The van der Waals surface area contributed by atoms with E-state index in [1.165, 1.54) is 6.07 Å². The summed E-state index contributed by atoms with van der Waals surface area (Å²) in [6.07, 6.45) is 0.330. The Morgan fingerprint density at radius 2 is 2.00 bits per heavy atom. The van der Waals surface area contributed by atoms with Crippen molar-refractivity contribution in [3.8, 4) is 11.8 Å². The highest BCUT2D eigenvalue weighted by Gasteiger charge is 2.22. The molecule has 0 aliphatic heterocycles. The van der Waals surface area contributed by atoms with Gasteiger partial charge < -0.3 is 5.11 Å². The molecule has 6 heteroatoms. The van der Waals surface area contributed by atoms with Crippen LogP contribution >= 0.6 is 11.6 Å². The molecule has 0 amide bonds. The topological polar surface area (TPSA) is 66.4 Å². The van der Waals surface area contributed by atoms with Crippen molar-refractivity contribution in [2.24, 2.45) is 5.41 Å². The van der Waals surface area contributed by atoms with Crippen LogP contribution in [-0.4, -0.2) is 25.9 Å². The zero-order valence-electron chi connectivity index (χ0n) is 12.4. The van der Waals surface area contributed by atoms with Crippen LogP contribution in [-0.2, 0) is 10.0 Å². The second-order valence-corrected chi connectivity index (χ2v) is 8.05. The number of rotatable bonds is 4. The second kappa shape index (κ2) is 7.17. The molecule has 116 valence electrons. The molecule has 0 saturated carbocycles. The van der Waals surface area contributed by atoms with Gasteiger partial charge in [-0.15, -0.1) is 0 Å². The Balaban J connectivity index is 3.07. The van der Waals surface area contributed by atoms with Gasteiger partial charge in [-0.1, -0.05) is 44.2 Å². The summed E-state index contributed by atoms with van der Waals surface area (Å²) in [6.45, 7) is 5.52. The second-order valence-electron chi connectivity index (χ2n) is 5.89. The largest absolute Gasteiger partial charge is 0.395 e. The first-order chi connectivity index (χ1) is 9.63. The quantitative estimate of drug-likeness (QED) is 0.835. The minimum Gasteiger partial charge on any atom is -0.395 e. The number of aliphatic hydroxyl groups is 1. The summed E-state index contributed by atoms with van der Waals surface area (Å²) in [5, 5.41) is 9.16. The standard InChI is InChI=1S/C15H20ClNO3S/c1-15(2,3)11-21(19,20)17-14-10-13(16)8-7-12(14)6-4-5-9-18/h7-8,10,17-18H,5,9,11H2,1-3H3. The molecule has 0 atom stereocenters. The van der Waals surface area contributed by atoms with E-state index in [1.807, 2.05) is 20.8 Å². The van der Waals surface area contributed by atoms with Crippen LogP contribution in [0.3, 0.4) is 0 Å². The average molecular weight is 330 g/mol. The normalized spacial score (nSPS) is 11.7. The summed E-state index contributed by atoms with van der Waals surface area (Å²) in [5.41, 5.74) is 0.537. The molecular formula is C15H20ClNO3S. The molecule has 1 rings (SSSR count). The van der Waals surface area contributed by atoms with E-state index in [4.69, 9.17) is 16.7 Å². The van der Waals surface area contributed by atoms with E-state index in [2.05, 4.69) is 16.6 Å². The highest BCUT2D eigenvalue weighted by Crippen LogP contribution is 2.24. The molecule has 0 aliphatic rings. The van der Waals surface area contributed by atoms with Gasteiger partial charge in [-0.2, -0.15) is 0 Å². The number of hydrogen-bond donors (Lipinski definition) is 2. The Morgan fingerprint density at radius 3 is 2.57 bits per heavy atom. The van der Waals surface area contributed by atoms with Crippen molar-refractivity contribution in [1.29, 1.82) is 0 Å². The molecule has 2 N–H and O–H groups in total. The zero-order valence-corrected chi connectivity index (χ0v) is 14.0. The van der Waals surface area contributed by atoms with Gasteiger partial charge in [0.1, 0.15) is 0 Å². The van der Waals surface area contributed by atoms with Crippen LogP contribution in [0, 0.1) is 17.3 Å². The minimum atomic E-state index is -3.49. The van der Waals surface area contributed by atoms with Gasteiger partial charge in [0, 0.05) is 17.0 Å². The summed E-state index contributed by atoms with van der Waals surface area (Å²) in [6, 6.07) is 4.83. The lowest BCUT2D eigenvalue weighted by atomic mass is 10.0. The molecule has 1 aromatic carbocycles. The van der Waals surface area contributed by atoms with Gasteiger partial charge in [0.05, 0.1) is 18.0 Å². The van der Waals surface area contributed by atoms with Gasteiger partial charge in [-0.3, -0.25) is 4.72 Å². The first kappa shape index (κ1) is 17.8. The Hall–Kier alpha value is -1.22. The van der Waals surface area contributed by atoms with Crippen molar-refractivity contribution in [3.63, 3.8) is 0 Å². The van der Waals surface area contributed by atoms with Crippen LogP contribution in [0.1, 0.15) is 32.8 Å². The molecule has 0 unspecified atom stereocenters. The molecule has 0 radical (unpaired) electrons. The van der Waals surface area contributed by atoms with Gasteiger partial charge in [0.25, 0.3) is 0 Å². The highest BCUT2D eigenvalue weighted by atomic mass is 35.5. The van der Waals surface area contributed by atoms with Crippen LogP contribution in [0.5, 0.6) is 0 Å². The van der Waals surface area contributed by atoms with Crippen molar-refractivity contribution < 1.29 is 13.5 Å². The van der Waals surface area contributed by atoms with Gasteiger partial charge in [0.15, 0.2) is 0 Å². The maximum Gasteiger partial charge on any atom is 0.233 e. The average Bonchev–Trinajstić information content (AvgIpc) is 2.28. The molecule has 0 aromatic heterocycles. The number of aliphatic hydroxyl groups excluding tert-OH is 1. The molecule has 0 bridgehead atoms. The van der Waals surface area contributed by atoms with Crippen LogP contribution in [0.4, 0.5) is 5.69 Å². The van der Waals surface area contributed by atoms with E-state index in [0.29, 0.717) is 22.7 Å². The van der Waals surface area contributed by atoms with E-state index in [-0.39, 0.29) is 17.8 Å². The van der Waals surface area contributed by atoms with Crippen molar-refractivity contribution in [2.45, 2.75) is 27.2 Å². The van der Waals surface area contributed by atoms with Gasteiger partial charge in [-0.25, -0.2) is 8.42 Å². The SMILES string of the molecule is CC(C)(C)CS(=O)(=O)Nc1cc(Cl)ccc1C#CCCO. The summed E-state index contributed by atoms with van der Waals surface area (Å²) >= 11 is 5.92. The van der Waals surface area contributed by atoms with E-state index in [0.717, 1.165) is 0 Å². The number of halogens is 1.